The summed E-state index contributed by atoms with van der Waals surface area (Å²) in [6.45, 7) is -0.827. The summed E-state index contributed by atoms with van der Waals surface area (Å²) in [6, 6.07) is 9.04. The summed E-state index contributed by atoms with van der Waals surface area (Å²) < 4.78 is 33.0. The number of carbonyl (C=O) groups excluding carboxylic acids is 1. The predicted molar refractivity (Wildman–Crippen MR) is 100 cm³/mol. The molecule has 0 aliphatic heterocycles. The number of ether oxygens (including phenoxy) is 1. The maximum atomic E-state index is 13.6. The van der Waals surface area contributed by atoms with E-state index < -0.39 is 18.6 Å². The van der Waals surface area contributed by atoms with Crippen LogP contribution in [-0.2, 0) is 6.54 Å². The molecule has 0 radical (unpaired) electrons. The first-order valence-electron chi connectivity index (χ1n) is 8.66. The van der Waals surface area contributed by atoms with Crippen LogP contribution in [0, 0.1) is 0 Å². The van der Waals surface area contributed by atoms with Crippen LogP contribution in [0.3, 0.4) is 0 Å². The number of methoxy groups -OCH3 is 1. The van der Waals surface area contributed by atoms with Gasteiger partial charge in [0, 0.05) is 25.9 Å². The summed E-state index contributed by atoms with van der Waals surface area (Å²) in [5.41, 5.74) is 1.59. The minimum Gasteiger partial charge on any atom is -0.481 e. The van der Waals surface area contributed by atoms with Gasteiger partial charge in [0.2, 0.25) is 5.88 Å². The van der Waals surface area contributed by atoms with Crippen LogP contribution < -0.4 is 10.1 Å². The molecule has 9 heteroatoms. The molecule has 0 fully saturated rings. The van der Waals surface area contributed by atoms with Crippen LogP contribution in [0.1, 0.15) is 30.9 Å². The van der Waals surface area contributed by atoms with Crippen molar-refractivity contribution < 1.29 is 18.3 Å². The van der Waals surface area contributed by atoms with E-state index in [1.54, 1.807) is 56.6 Å². The highest BCUT2D eigenvalue weighted by atomic mass is 19.3. The molecule has 0 aliphatic carbocycles. The number of hydrogen-bond donors (Lipinski definition) is 1. The first-order chi connectivity index (χ1) is 13.4. The van der Waals surface area contributed by atoms with Crippen molar-refractivity contribution in [3.8, 4) is 5.88 Å². The molecule has 0 saturated heterocycles. The molecule has 3 aromatic rings. The maximum Gasteiger partial charge on any atom is 0.320 e. The van der Waals surface area contributed by atoms with Gasteiger partial charge in [0.05, 0.1) is 24.2 Å². The zero-order valence-corrected chi connectivity index (χ0v) is 15.8. The fourth-order valence-corrected chi connectivity index (χ4v) is 2.90. The van der Waals surface area contributed by atoms with Crippen LogP contribution >= 0.6 is 0 Å². The van der Waals surface area contributed by atoms with Crippen molar-refractivity contribution in [2.45, 2.75) is 26.1 Å². The van der Waals surface area contributed by atoms with Gasteiger partial charge in [-0.15, -0.1) is 0 Å². The highest BCUT2D eigenvalue weighted by Crippen LogP contribution is 2.26. The van der Waals surface area contributed by atoms with Crippen LogP contribution in [0.15, 0.2) is 42.6 Å². The summed E-state index contributed by atoms with van der Waals surface area (Å²) in [7, 11) is 3.14. The monoisotopic (exact) mass is 389 g/mol. The van der Waals surface area contributed by atoms with Gasteiger partial charge < -0.3 is 15.0 Å². The third kappa shape index (κ3) is 4.03. The van der Waals surface area contributed by atoms with Crippen molar-refractivity contribution in [1.29, 1.82) is 0 Å². The van der Waals surface area contributed by atoms with E-state index in [1.807, 2.05) is 0 Å². The van der Waals surface area contributed by atoms with Gasteiger partial charge in [-0.05, 0) is 24.6 Å². The molecule has 2 heterocycles. The van der Waals surface area contributed by atoms with E-state index in [0.29, 0.717) is 23.5 Å². The van der Waals surface area contributed by atoms with Crippen LogP contribution in [-0.4, -0.2) is 39.6 Å². The number of urea groups is 1. The summed E-state index contributed by atoms with van der Waals surface area (Å²) in [5.74, 6) is 0.583. The molecule has 148 valence electrons. The van der Waals surface area contributed by atoms with Crippen LogP contribution in [0.25, 0.3) is 11.0 Å². The number of nitrogens with zero attached hydrogens (tertiary/aromatic N) is 4. The molecule has 1 aromatic carbocycles. The third-order valence-electron chi connectivity index (χ3n) is 4.32. The van der Waals surface area contributed by atoms with Gasteiger partial charge in [-0.2, -0.15) is 8.78 Å². The number of nitrogens with one attached hydrogen (secondary N) is 1. The number of carbonyl (C=O) groups is 1. The molecular formula is C19H21F2N5O2. The number of amides is 2. The normalized spacial score (nSPS) is 12.2. The third-order valence-corrected chi connectivity index (χ3v) is 4.32. The maximum absolute atomic E-state index is 13.6. The largest absolute Gasteiger partial charge is 0.481 e. The molecule has 0 spiro atoms. The van der Waals surface area contributed by atoms with Crippen molar-refractivity contribution in [2.75, 3.05) is 14.2 Å². The van der Waals surface area contributed by atoms with Crippen LogP contribution in [0.4, 0.5) is 13.6 Å². The summed E-state index contributed by atoms with van der Waals surface area (Å²) in [6.07, 6.45) is 1.61. The molecule has 0 aliphatic rings. The van der Waals surface area contributed by atoms with Crippen molar-refractivity contribution >= 4 is 17.1 Å². The summed E-state index contributed by atoms with van der Waals surface area (Å²) in [4.78, 5) is 22.3. The Morgan fingerprint density at radius 1 is 1.29 bits per heavy atom. The molecule has 7 nitrogen and oxygen atoms in total. The molecule has 1 N–H and O–H groups in total. The molecule has 1 atom stereocenters. The van der Waals surface area contributed by atoms with Crippen molar-refractivity contribution in [1.82, 2.24) is 24.8 Å². The van der Waals surface area contributed by atoms with Gasteiger partial charge in [-0.3, -0.25) is 4.57 Å². The van der Waals surface area contributed by atoms with Crippen LogP contribution in [0.5, 0.6) is 5.88 Å². The van der Waals surface area contributed by atoms with Gasteiger partial charge in [0.15, 0.2) is 0 Å². The Labute approximate surface area is 160 Å². The molecule has 1 unspecified atom stereocenters. The molecule has 3 rings (SSSR count). The lowest BCUT2D eigenvalue weighted by Crippen LogP contribution is -2.39. The minimum atomic E-state index is -2.76. The average Bonchev–Trinajstić information content (AvgIpc) is 3.08. The molecular weight excluding hydrogens is 368 g/mol. The lowest BCUT2D eigenvalue weighted by atomic mass is 10.2. The van der Waals surface area contributed by atoms with E-state index in [9.17, 15) is 13.6 Å². The smallest absolute Gasteiger partial charge is 0.320 e. The highest BCUT2D eigenvalue weighted by molar-refractivity contribution is 5.77. The Morgan fingerprint density at radius 2 is 2.04 bits per heavy atom. The number of hydrogen-bond acceptors (Lipinski definition) is 4. The molecule has 0 saturated carbocycles. The van der Waals surface area contributed by atoms with Gasteiger partial charge in [0.1, 0.15) is 5.82 Å². The zero-order valence-electron chi connectivity index (χ0n) is 15.8. The second kappa shape index (κ2) is 8.20. The number of benzene rings is 1. The molecule has 28 heavy (non-hydrogen) atoms. The predicted octanol–water partition coefficient (Wildman–Crippen LogP) is 3.74. The van der Waals surface area contributed by atoms with Crippen molar-refractivity contribution in [3.63, 3.8) is 0 Å². The second-order valence-electron chi connectivity index (χ2n) is 6.34. The number of halogens is 2. The zero-order chi connectivity index (χ0) is 20.3. The first-order valence-corrected chi connectivity index (χ1v) is 8.66. The molecule has 0 bridgehead atoms. The number of pyridine rings is 1. The molecule has 2 aromatic heterocycles. The SMILES string of the molecule is COc1ccc(CN(C)C(=O)NC(C)c2nc3ccccc3n2C(F)F)cn1. The number of para-hydroxylation sites is 2. The highest BCUT2D eigenvalue weighted by Gasteiger charge is 2.23. The van der Waals surface area contributed by atoms with Gasteiger partial charge in [-0.25, -0.2) is 14.8 Å². The average molecular weight is 389 g/mol. The van der Waals surface area contributed by atoms with E-state index in [1.165, 1.54) is 12.0 Å². The van der Waals surface area contributed by atoms with Gasteiger partial charge in [-0.1, -0.05) is 18.2 Å². The number of imidazole rings is 1. The van der Waals surface area contributed by atoms with Crippen molar-refractivity contribution in [2.24, 2.45) is 0 Å². The standard InChI is InChI=1S/C19H21F2N5O2/c1-12(17-24-14-6-4-5-7-15(14)26(17)18(20)21)23-19(27)25(2)11-13-8-9-16(28-3)22-10-13/h4-10,12,18H,11H2,1-3H3,(H,23,27). The first kappa shape index (κ1) is 19.5. The quantitative estimate of drug-likeness (QED) is 0.697. The summed E-state index contributed by atoms with van der Waals surface area (Å²) >= 11 is 0. The number of rotatable bonds is 6. The van der Waals surface area contributed by atoms with E-state index in [0.717, 1.165) is 10.1 Å². The fourth-order valence-electron chi connectivity index (χ4n) is 2.90. The summed E-state index contributed by atoms with van der Waals surface area (Å²) in [5, 5.41) is 2.72. The van der Waals surface area contributed by atoms with Crippen molar-refractivity contribution in [3.05, 3.63) is 54.0 Å². The van der Waals surface area contributed by atoms with Gasteiger partial charge >= 0.3 is 12.6 Å². The Morgan fingerprint density at radius 3 is 2.68 bits per heavy atom. The minimum absolute atomic E-state index is 0.101. The lowest BCUT2D eigenvalue weighted by molar-refractivity contribution is 0.0698. The van der Waals surface area contributed by atoms with E-state index in [2.05, 4.69) is 15.3 Å². The Kier molecular flexibility index (Phi) is 5.72. The Balaban J connectivity index is 1.73. The van der Waals surface area contributed by atoms with Crippen LogP contribution in [0.2, 0.25) is 0 Å². The number of aromatic nitrogens is 3. The lowest BCUT2D eigenvalue weighted by Gasteiger charge is -2.22. The fraction of sp³-hybridized carbons (Fsp3) is 0.316. The van der Waals surface area contributed by atoms with E-state index in [4.69, 9.17) is 4.74 Å². The Bertz CT molecular complexity index is 959. The molecule has 2 amide bonds. The van der Waals surface area contributed by atoms with Gasteiger partial charge in [0.25, 0.3) is 0 Å². The van der Waals surface area contributed by atoms with E-state index >= 15 is 0 Å². The second-order valence-corrected chi connectivity index (χ2v) is 6.34. The van der Waals surface area contributed by atoms with E-state index in [-0.39, 0.29) is 5.82 Å². The number of fused-ring (bicyclic) bond motifs is 1. The number of alkyl halides is 2. The Hall–Kier alpha value is -3.23. The topological polar surface area (TPSA) is 72.3 Å².